The second-order valence-electron chi connectivity index (χ2n) is 5.55. The summed E-state index contributed by atoms with van der Waals surface area (Å²) in [6.45, 7) is 3.41. The number of aromatic nitrogens is 2. The SMILES string of the molecule is Cc1ccc2nc(C(=O)N3CCN(S(C)(=O)=O)CC3)cn2c1. The smallest absolute Gasteiger partial charge is 0.274 e. The van der Waals surface area contributed by atoms with Gasteiger partial charge in [-0.1, -0.05) is 6.07 Å². The van der Waals surface area contributed by atoms with Crippen LogP contribution in [0.15, 0.2) is 24.5 Å². The predicted octanol–water partition coefficient (Wildman–Crippen LogP) is 0.360. The van der Waals surface area contributed by atoms with Crippen LogP contribution in [0.25, 0.3) is 5.65 Å². The normalized spacial score (nSPS) is 17.1. The Balaban J connectivity index is 1.76. The minimum absolute atomic E-state index is 0.158. The first-order valence-corrected chi connectivity index (χ1v) is 8.89. The van der Waals surface area contributed by atoms with E-state index in [1.165, 1.54) is 10.6 Å². The molecule has 1 saturated heterocycles. The molecule has 8 heteroatoms. The topological polar surface area (TPSA) is 75.0 Å². The molecule has 3 heterocycles. The van der Waals surface area contributed by atoms with Crippen molar-refractivity contribution in [2.24, 2.45) is 0 Å². The summed E-state index contributed by atoms with van der Waals surface area (Å²) < 4.78 is 26.2. The van der Waals surface area contributed by atoms with Crippen molar-refractivity contribution in [3.63, 3.8) is 0 Å². The van der Waals surface area contributed by atoms with Gasteiger partial charge in [0.25, 0.3) is 5.91 Å². The van der Waals surface area contributed by atoms with Gasteiger partial charge >= 0.3 is 0 Å². The van der Waals surface area contributed by atoms with Crippen molar-refractivity contribution in [2.75, 3.05) is 32.4 Å². The van der Waals surface area contributed by atoms with Crippen LogP contribution in [-0.2, 0) is 10.0 Å². The number of hydrogen-bond donors (Lipinski definition) is 0. The lowest BCUT2D eigenvalue weighted by Gasteiger charge is -2.32. The number of fused-ring (bicyclic) bond motifs is 1. The van der Waals surface area contributed by atoms with Crippen LogP contribution in [0, 0.1) is 6.92 Å². The van der Waals surface area contributed by atoms with Crippen LogP contribution in [0.3, 0.4) is 0 Å². The number of piperazine rings is 1. The second kappa shape index (κ2) is 5.36. The quantitative estimate of drug-likeness (QED) is 0.800. The highest BCUT2D eigenvalue weighted by atomic mass is 32.2. The molecule has 7 nitrogen and oxygen atoms in total. The maximum absolute atomic E-state index is 12.5. The van der Waals surface area contributed by atoms with E-state index in [0.29, 0.717) is 31.9 Å². The number of imidazole rings is 1. The Labute approximate surface area is 129 Å². The van der Waals surface area contributed by atoms with Gasteiger partial charge in [-0.2, -0.15) is 4.31 Å². The lowest BCUT2D eigenvalue weighted by atomic mass is 10.3. The first-order valence-electron chi connectivity index (χ1n) is 7.04. The first-order chi connectivity index (χ1) is 10.3. The van der Waals surface area contributed by atoms with Crippen molar-refractivity contribution >= 4 is 21.6 Å². The Morgan fingerprint density at radius 3 is 2.45 bits per heavy atom. The van der Waals surface area contributed by atoms with Gasteiger partial charge in [-0.15, -0.1) is 0 Å². The lowest BCUT2D eigenvalue weighted by Crippen LogP contribution is -2.50. The van der Waals surface area contributed by atoms with Crippen LogP contribution in [-0.4, -0.2) is 65.3 Å². The fourth-order valence-corrected chi connectivity index (χ4v) is 3.42. The zero-order valence-electron chi connectivity index (χ0n) is 12.6. The lowest BCUT2D eigenvalue weighted by molar-refractivity contribution is 0.0693. The van der Waals surface area contributed by atoms with E-state index >= 15 is 0 Å². The van der Waals surface area contributed by atoms with E-state index in [-0.39, 0.29) is 5.91 Å². The Hall–Kier alpha value is -1.93. The van der Waals surface area contributed by atoms with Crippen LogP contribution in [0.5, 0.6) is 0 Å². The van der Waals surface area contributed by atoms with E-state index in [1.54, 1.807) is 11.1 Å². The van der Waals surface area contributed by atoms with Gasteiger partial charge in [0.15, 0.2) is 0 Å². The third kappa shape index (κ3) is 2.84. The van der Waals surface area contributed by atoms with E-state index < -0.39 is 10.0 Å². The van der Waals surface area contributed by atoms with Crippen molar-refractivity contribution in [3.05, 3.63) is 35.8 Å². The highest BCUT2D eigenvalue weighted by Gasteiger charge is 2.27. The summed E-state index contributed by atoms with van der Waals surface area (Å²) in [6.07, 6.45) is 4.82. The number of rotatable bonds is 2. The van der Waals surface area contributed by atoms with Gasteiger partial charge in [-0.3, -0.25) is 4.79 Å². The zero-order valence-corrected chi connectivity index (χ0v) is 13.4. The molecule has 0 unspecified atom stereocenters. The first kappa shape index (κ1) is 15.0. The Morgan fingerprint density at radius 2 is 1.82 bits per heavy atom. The molecule has 0 spiro atoms. The fraction of sp³-hybridized carbons (Fsp3) is 0.429. The molecule has 0 N–H and O–H groups in total. The summed E-state index contributed by atoms with van der Waals surface area (Å²) in [5.74, 6) is -0.158. The Bertz CT molecular complexity index is 820. The number of amides is 1. The maximum Gasteiger partial charge on any atom is 0.274 e. The molecular weight excluding hydrogens is 304 g/mol. The van der Waals surface area contributed by atoms with Gasteiger partial charge in [0.05, 0.1) is 6.26 Å². The summed E-state index contributed by atoms with van der Waals surface area (Å²) >= 11 is 0. The average Bonchev–Trinajstić information content (AvgIpc) is 2.88. The molecule has 0 aliphatic carbocycles. The summed E-state index contributed by atoms with van der Waals surface area (Å²) in [5, 5.41) is 0. The van der Waals surface area contributed by atoms with E-state index in [1.807, 2.05) is 29.7 Å². The largest absolute Gasteiger partial charge is 0.335 e. The number of carbonyl (C=O) groups is 1. The van der Waals surface area contributed by atoms with Gasteiger partial charge in [0, 0.05) is 38.6 Å². The van der Waals surface area contributed by atoms with E-state index in [2.05, 4.69) is 4.98 Å². The second-order valence-corrected chi connectivity index (χ2v) is 7.53. The number of carbonyl (C=O) groups excluding carboxylic acids is 1. The summed E-state index contributed by atoms with van der Waals surface area (Å²) in [6, 6.07) is 3.81. The third-order valence-electron chi connectivity index (χ3n) is 3.81. The monoisotopic (exact) mass is 322 g/mol. The van der Waals surface area contributed by atoms with Crippen LogP contribution in [0.4, 0.5) is 0 Å². The van der Waals surface area contributed by atoms with Gasteiger partial charge in [0.2, 0.25) is 10.0 Å². The van der Waals surface area contributed by atoms with Gasteiger partial charge in [-0.25, -0.2) is 13.4 Å². The molecule has 0 atom stereocenters. The van der Waals surface area contributed by atoms with Gasteiger partial charge in [0.1, 0.15) is 11.3 Å². The standard InChI is InChI=1S/C14H18N4O3S/c1-11-3-4-13-15-12(10-17(13)9-11)14(19)16-5-7-18(8-6-16)22(2,20)21/h3-4,9-10H,5-8H2,1-2H3. The molecule has 118 valence electrons. The zero-order chi connectivity index (χ0) is 15.9. The molecule has 2 aromatic rings. The molecule has 1 aliphatic rings. The van der Waals surface area contributed by atoms with Crippen LogP contribution >= 0.6 is 0 Å². The van der Waals surface area contributed by atoms with E-state index in [9.17, 15) is 13.2 Å². The molecule has 1 fully saturated rings. The van der Waals surface area contributed by atoms with Gasteiger partial charge < -0.3 is 9.30 Å². The molecule has 0 bridgehead atoms. The molecule has 0 radical (unpaired) electrons. The molecule has 1 aliphatic heterocycles. The maximum atomic E-state index is 12.5. The van der Waals surface area contributed by atoms with Crippen molar-refractivity contribution in [2.45, 2.75) is 6.92 Å². The number of hydrogen-bond acceptors (Lipinski definition) is 4. The van der Waals surface area contributed by atoms with Crippen molar-refractivity contribution in [1.29, 1.82) is 0 Å². The highest BCUT2D eigenvalue weighted by Crippen LogP contribution is 2.12. The molecule has 1 amide bonds. The highest BCUT2D eigenvalue weighted by molar-refractivity contribution is 7.88. The average molecular weight is 322 g/mol. The van der Waals surface area contributed by atoms with Crippen LogP contribution in [0.1, 0.15) is 16.1 Å². The third-order valence-corrected chi connectivity index (χ3v) is 5.12. The Kier molecular flexibility index (Phi) is 3.65. The molecule has 22 heavy (non-hydrogen) atoms. The number of nitrogens with zero attached hydrogens (tertiary/aromatic N) is 4. The molecular formula is C14H18N4O3S. The van der Waals surface area contributed by atoms with Crippen LogP contribution in [0.2, 0.25) is 0 Å². The molecule has 2 aromatic heterocycles. The van der Waals surface area contributed by atoms with Gasteiger partial charge in [-0.05, 0) is 18.6 Å². The van der Waals surface area contributed by atoms with Crippen molar-refractivity contribution < 1.29 is 13.2 Å². The minimum atomic E-state index is -3.19. The summed E-state index contributed by atoms with van der Waals surface area (Å²) in [5.41, 5.74) is 2.20. The van der Waals surface area contributed by atoms with Crippen molar-refractivity contribution in [1.82, 2.24) is 18.6 Å². The summed E-state index contributed by atoms with van der Waals surface area (Å²) in [7, 11) is -3.19. The van der Waals surface area contributed by atoms with E-state index in [4.69, 9.17) is 0 Å². The number of aryl methyl sites for hydroxylation is 1. The number of pyridine rings is 1. The Morgan fingerprint density at radius 1 is 1.14 bits per heavy atom. The van der Waals surface area contributed by atoms with Crippen molar-refractivity contribution in [3.8, 4) is 0 Å². The molecule has 0 saturated carbocycles. The number of sulfonamides is 1. The van der Waals surface area contributed by atoms with Crippen LogP contribution < -0.4 is 0 Å². The predicted molar refractivity (Wildman–Crippen MR) is 82.2 cm³/mol. The minimum Gasteiger partial charge on any atom is -0.335 e. The fourth-order valence-electron chi connectivity index (χ4n) is 2.59. The molecule has 0 aromatic carbocycles. The summed E-state index contributed by atoms with van der Waals surface area (Å²) in [4.78, 5) is 18.5. The molecule has 3 rings (SSSR count). The van der Waals surface area contributed by atoms with E-state index in [0.717, 1.165) is 11.2 Å².